The number of guanidine groups is 1. The van der Waals surface area contributed by atoms with Gasteiger partial charge in [0.1, 0.15) is 0 Å². The molecule has 0 aliphatic heterocycles. The summed E-state index contributed by atoms with van der Waals surface area (Å²) in [6, 6.07) is 9.00. The number of aliphatic imine (C=N–C) groups is 1. The third kappa shape index (κ3) is 9.80. The quantitative estimate of drug-likeness (QED) is 0.198. The number of nitrogens with zero attached hydrogens (tertiary/aromatic N) is 1. The molecule has 0 radical (unpaired) electrons. The zero-order valence-electron chi connectivity index (χ0n) is 17.4. The second kappa shape index (κ2) is 15.3. The molecule has 5 nitrogen and oxygen atoms in total. The highest BCUT2D eigenvalue weighted by Gasteiger charge is 2.24. The molecule has 1 aliphatic rings. The zero-order chi connectivity index (χ0) is 19.3. The summed E-state index contributed by atoms with van der Waals surface area (Å²) in [6.45, 7) is 8.27. The molecule has 2 unspecified atom stereocenters. The van der Waals surface area contributed by atoms with Gasteiger partial charge in [0.05, 0.1) is 26.4 Å². The first-order valence-corrected chi connectivity index (χ1v) is 11.3. The number of nitrogens with one attached hydrogen (secondary N) is 2. The molecule has 2 N–H and O–H groups in total. The first kappa shape index (κ1) is 25.5. The summed E-state index contributed by atoms with van der Waals surface area (Å²) in [5, 5.41) is 7.76. The van der Waals surface area contributed by atoms with Gasteiger partial charge in [0.15, 0.2) is 5.96 Å². The monoisotopic (exact) mass is 521 g/mol. The van der Waals surface area contributed by atoms with Crippen LogP contribution in [-0.2, 0) is 22.6 Å². The lowest BCUT2D eigenvalue weighted by Crippen LogP contribution is -2.42. The van der Waals surface area contributed by atoms with E-state index in [-0.39, 0.29) is 24.0 Å². The molecule has 2 rings (SSSR count). The molecule has 0 amide bonds. The maximum Gasteiger partial charge on any atom is 0.191 e. The van der Waals surface area contributed by atoms with Crippen LogP contribution in [0.5, 0.6) is 0 Å². The number of thioether (sulfide) groups is 1. The van der Waals surface area contributed by atoms with Crippen LogP contribution in [0, 0.1) is 0 Å². The summed E-state index contributed by atoms with van der Waals surface area (Å²) in [5.41, 5.74) is 2.38. The number of hydrogen-bond donors (Lipinski definition) is 2. The minimum atomic E-state index is 0. The van der Waals surface area contributed by atoms with Crippen molar-refractivity contribution in [2.75, 3.05) is 32.6 Å². The van der Waals surface area contributed by atoms with E-state index in [1.165, 1.54) is 30.4 Å². The number of rotatable bonds is 11. The van der Waals surface area contributed by atoms with E-state index >= 15 is 0 Å². The average molecular weight is 522 g/mol. The molecule has 1 aliphatic carbocycles. The van der Waals surface area contributed by atoms with Crippen LogP contribution in [0.2, 0.25) is 0 Å². The minimum absolute atomic E-state index is 0. The second-order valence-corrected chi connectivity index (χ2v) is 7.91. The lowest BCUT2D eigenvalue weighted by atomic mass is 10.1. The first-order chi connectivity index (χ1) is 13.2. The van der Waals surface area contributed by atoms with Crippen LogP contribution in [0.4, 0.5) is 0 Å². The Labute approximate surface area is 191 Å². The van der Waals surface area contributed by atoms with Gasteiger partial charge in [-0.3, -0.25) is 0 Å². The van der Waals surface area contributed by atoms with Crippen molar-refractivity contribution in [3.8, 4) is 0 Å². The van der Waals surface area contributed by atoms with Gasteiger partial charge in [-0.1, -0.05) is 24.3 Å². The molecule has 1 aromatic rings. The Hall–Kier alpha value is -0.510. The summed E-state index contributed by atoms with van der Waals surface area (Å²) in [7, 11) is 0. The van der Waals surface area contributed by atoms with Crippen LogP contribution in [0.1, 0.15) is 44.2 Å². The van der Waals surface area contributed by atoms with E-state index in [9.17, 15) is 0 Å². The molecular weight excluding hydrogens is 485 g/mol. The SMILES string of the molecule is CCNC(=NCc1cccc(COCCOCC)c1)NC1CCC(SC)C1.I. The summed E-state index contributed by atoms with van der Waals surface area (Å²) in [5.74, 6) is 0.919. The van der Waals surface area contributed by atoms with Crippen molar-refractivity contribution in [2.24, 2.45) is 4.99 Å². The summed E-state index contributed by atoms with van der Waals surface area (Å²) >= 11 is 1.98. The van der Waals surface area contributed by atoms with E-state index in [0.29, 0.717) is 32.4 Å². The van der Waals surface area contributed by atoms with Gasteiger partial charge < -0.3 is 20.1 Å². The van der Waals surface area contributed by atoms with Gasteiger partial charge in [0.2, 0.25) is 0 Å². The predicted molar refractivity (Wildman–Crippen MR) is 131 cm³/mol. The van der Waals surface area contributed by atoms with Gasteiger partial charge in [0.25, 0.3) is 0 Å². The van der Waals surface area contributed by atoms with Crippen molar-refractivity contribution >= 4 is 41.7 Å². The second-order valence-electron chi connectivity index (χ2n) is 6.78. The van der Waals surface area contributed by atoms with Crippen LogP contribution in [0.15, 0.2) is 29.3 Å². The average Bonchev–Trinajstić information content (AvgIpc) is 3.14. The zero-order valence-corrected chi connectivity index (χ0v) is 20.6. The molecule has 0 aromatic heterocycles. The summed E-state index contributed by atoms with van der Waals surface area (Å²) in [6.07, 6.45) is 5.95. The molecule has 0 spiro atoms. The molecule has 1 fully saturated rings. The Morgan fingerprint density at radius 2 is 1.96 bits per heavy atom. The van der Waals surface area contributed by atoms with Crippen LogP contribution in [0.3, 0.4) is 0 Å². The Bertz CT molecular complexity index is 574. The van der Waals surface area contributed by atoms with E-state index < -0.39 is 0 Å². The molecule has 2 atom stereocenters. The van der Waals surface area contributed by atoms with E-state index in [1.807, 2.05) is 18.7 Å². The third-order valence-electron chi connectivity index (χ3n) is 4.66. The van der Waals surface area contributed by atoms with Crippen LogP contribution in [0.25, 0.3) is 0 Å². The van der Waals surface area contributed by atoms with Crippen molar-refractivity contribution < 1.29 is 9.47 Å². The van der Waals surface area contributed by atoms with Crippen molar-refractivity contribution in [3.63, 3.8) is 0 Å². The Morgan fingerprint density at radius 3 is 2.68 bits per heavy atom. The van der Waals surface area contributed by atoms with E-state index in [1.54, 1.807) is 0 Å². The Balaban J connectivity index is 0.00000392. The van der Waals surface area contributed by atoms with E-state index in [4.69, 9.17) is 14.5 Å². The molecule has 160 valence electrons. The lowest BCUT2D eigenvalue weighted by Gasteiger charge is -2.17. The van der Waals surface area contributed by atoms with Crippen molar-refractivity contribution in [1.82, 2.24) is 10.6 Å². The van der Waals surface area contributed by atoms with Gasteiger partial charge in [-0.15, -0.1) is 24.0 Å². The highest BCUT2D eigenvalue weighted by molar-refractivity contribution is 14.0. The molecule has 7 heteroatoms. The summed E-state index contributed by atoms with van der Waals surface area (Å²) in [4.78, 5) is 4.79. The minimum Gasteiger partial charge on any atom is -0.379 e. The summed E-state index contributed by atoms with van der Waals surface area (Å²) < 4.78 is 11.0. The topological polar surface area (TPSA) is 54.9 Å². The first-order valence-electron chi connectivity index (χ1n) is 10.1. The van der Waals surface area contributed by atoms with Gasteiger partial charge in [-0.2, -0.15) is 11.8 Å². The Morgan fingerprint density at radius 1 is 1.18 bits per heavy atom. The van der Waals surface area contributed by atoms with Crippen LogP contribution in [-0.4, -0.2) is 49.9 Å². The smallest absolute Gasteiger partial charge is 0.191 e. The van der Waals surface area contributed by atoms with Gasteiger partial charge in [0, 0.05) is 24.4 Å². The maximum absolute atomic E-state index is 5.66. The fraction of sp³-hybridized carbons (Fsp3) is 0.667. The van der Waals surface area contributed by atoms with Crippen molar-refractivity contribution in [1.29, 1.82) is 0 Å². The van der Waals surface area contributed by atoms with E-state index in [2.05, 4.69) is 48.1 Å². The molecule has 0 bridgehead atoms. The van der Waals surface area contributed by atoms with Gasteiger partial charge in [-0.05, 0) is 50.5 Å². The molecule has 1 saturated carbocycles. The van der Waals surface area contributed by atoms with Crippen LogP contribution < -0.4 is 10.6 Å². The standard InChI is InChI=1S/C21H35N3O2S.HI/c1-4-22-21(24-19-9-10-20(14-19)27-3)23-15-17-7-6-8-18(13-17)16-26-12-11-25-5-2;/h6-8,13,19-20H,4-5,9-12,14-16H2,1-3H3,(H2,22,23,24);1H. The van der Waals surface area contributed by atoms with Gasteiger partial charge >= 0.3 is 0 Å². The maximum atomic E-state index is 5.66. The Kier molecular flexibility index (Phi) is 14.0. The fourth-order valence-corrected chi connectivity index (χ4v) is 4.04. The number of halogens is 1. The number of ether oxygens (including phenoxy) is 2. The molecule has 1 aromatic carbocycles. The third-order valence-corrected chi connectivity index (χ3v) is 5.75. The van der Waals surface area contributed by atoms with Gasteiger partial charge in [-0.25, -0.2) is 4.99 Å². The normalized spacial score (nSPS) is 19.3. The van der Waals surface area contributed by atoms with Crippen molar-refractivity contribution in [2.45, 2.75) is 57.6 Å². The predicted octanol–water partition coefficient (Wildman–Crippen LogP) is 4.20. The number of benzene rings is 1. The highest BCUT2D eigenvalue weighted by Crippen LogP contribution is 2.28. The molecular formula is C21H36IN3O2S. The molecule has 28 heavy (non-hydrogen) atoms. The van der Waals surface area contributed by atoms with Crippen molar-refractivity contribution in [3.05, 3.63) is 35.4 Å². The lowest BCUT2D eigenvalue weighted by molar-refractivity contribution is 0.0453. The van der Waals surface area contributed by atoms with E-state index in [0.717, 1.165) is 24.4 Å². The molecule has 0 saturated heterocycles. The van der Waals surface area contributed by atoms with Crippen LogP contribution >= 0.6 is 35.7 Å². The molecule has 0 heterocycles. The highest BCUT2D eigenvalue weighted by atomic mass is 127. The number of hydrogen-bond acceptors (Lipinski definition) is 4. The largest absolute Gasteiger partial charge is 0.379 e. The fourth-order valence-electron chi connectivity index (χ4n) is 3.24.